The average Bonchev–Trinajstić information content (AvgIpc) is 2.73. The predicted octanol–water partition coefficient (Wildman–Crippen LogP) is 2.33. The van der Waals surface area contributed by atoms with Gasteiger partial charge in [0.05, 0.1) is 32.5 Å². The Labute approximate surface area is 177 Å². The molecule has 0 saturated carbocycles. The lowest BCUT2D eigenvalue weighted by atomic mass is 10.0. The molecule has 0 aliphatic carbocycles. The van der Waals surface area contributed by atoms with Crippen LogP contribution in [0.15, 0.2) is 18.2 Å². The highest BCUT2D eigenvalue weighted by atomic mass is 31.2. The summed E-state index contributed by atoms with van der Waals surface area (Å²) in [6.45, 7) is 4.57. The molecule has 0 saturated heterocycles. The third-order valence-electron chi connectivity index (χ3n) is 3.94. The molecule has 0 radical (unpaired) electrons. The van der Waals surface area contributed by atoms with Gasteiger partial charge in [0.15, 0.2) is 25.1 Å². The van der Waals surface area contributed by atoms with Crippen molar-refractivity contribution in [2.75, 3.05) is 60.4 Å². The Balaban J connectivity index is 2.84. The monoisotopic (exact) mass is 452 g/mol. The number of aliphatic hydroxyl groups is 1. The van der Waals surface area contributed by atoms with Crippen LogP contribution in [0.5, 0.6) is 11.5 Å². The molecule has 174 valence electrons. The van der Waals surface area contributed by atoms with Gasteiger partial charge in [0.2, 0.25) is 0 Å². The van der Waals surface area contributed by atoms with Crippen LogP contribution in [0.25, 0.3) is 0 Å². The topological polar surface area (TPSA) is 122 Å². The zero-order valence-corrected chi connectivity index (χ0v) is 18.8. The van der Waals surface area contributed by atoms with Crippen LogP contribution in [0.1, 0.15) is 25.5 Å². The molecule has 0 fully saturated rings. The summed E-state index contributed by atoms with van der Waals surface area (Å²) in [6.07, 6.45) is -2.11. The normalized spacial score (nSPS) is 15.4. The lowest BCUT2D eigenvalue weighted by Gasteiger charge is -2.23. The zero-order valence-electron chi connectivity index (χ0n) is 17.9. The number of hydrogen-bond acceptors (Lipinski definition) is 9. The van der Waals surface area contributed by atoms with Crippen LogP contribution in [0.3, 0.4) is 0 Å². The van der Waals surface area contributed by atoms with Gasteiger partial charge in [0, 0.05) is 20.4 Å². The van der Waals surface area contributed by atoms with Crippen molar-refractivity contribution in [1.29, 1.82) is 0 Å². The molecule has 11 heteroatoms. The molecule has 0 spiro atoms. The molecule has 3 atom stereocenters. The van der Waals surface area contributed by atoms with E-state index in [0.29, 0.717) is 43.5 Å². The van der Waals surface area contributed by atoms with Crippen LogP contribution in [0.4, 0.5) is 0 Å². The largest absolute Gasteiger partial charge is 0.464 e. The van der Waals surface area contributed by atoms with Gasteiger partial charge in [-0.25, -0.2) is 0 Å². The maximum Gasteiger partial charge on any atom is 0.328 e. The van der Waals surface area contributed by atoms with E-state index in [1.54, 1.807) is 32.4 Å². The van der Waals surface area contributed by atoms with Crippen molar-refractivity contribution >= 4 is 7.60 Å². The van der Waals surface area contributed by atoms with Gasteiger partial charge >= 0.3 is 7.60 Å². The third kappa shape index (κ3) is 10.2. The summed E-state index contributed by atoms with van der Waals surface area (Å²) >= 11 is 0. The molecule has 1 aromatic carbocycles. The van der Waals surface area contributed by atoms with Gasteiger partial charge in [-0.15, -0.1) is 0 Å². The fourth-order valence-corrected chi connectivity index (χ4v) is 3.00. The molecule has 1 aromatic rings. The Hall–Kier alpha value is -1.23. The predicted molar refractivity (Wildman–Crippen MR) is 109 cm³/mol. The molecule has 0 aliphatic rings. The summed E-state index contributed by atoms with van der Waals surface area (Å²) in [7, 11) is -0.611. The van der Waals surface area contributed by atoms with Gasteiger partial charge in [-0.1, -0.05) is 13.0 Å². The van der Waals surface area contributed by atoms with Gasteiger partial charge in [-0.3, -0.25) is 4.57 Å². The molecule has 1 rings (SSSR count). The summed E-state index contributed by atoms with van der Waals surface area (Å²) in [5.41, 5.74) is 0.429. The molecule has 30 heavy (non-hydrogen) atoms. The quantitative estimate of drug-likeness (QED) is 0.207. The highest BCUT2D eigenvalue weighted by molar-refractivity contribution is 7.52. The number of methoxy groups -OCH3 is 2. The summed E-state index contributed by atoms with van der Waals surface area (Å²) in [4.78, 5) is 9.66. The molecular formula is C19H33O10P. The molecular weight excluding hydrogens is 419 g/mol. The lowest BCUT2D eigenvalue weighted by Crippen LogP contribution is -2.18. The SMILES string of the molecule is CCP(=O)(O)OC(C)C(O)c1ccc(OCOCCOC)c(OCOCCOC)c1. The second-order valence-electron chi connectivity index (χ2n) is 6.24. The smallest absolute Gasteiger partial charge is 0.328 e. The van der Waals surface area contributed by atoms with E-state index in [1.165, 1.54) is 13.8 Å². The van der Waals surface area contributed by atoms with Gasteiger partial charge in [-0.2, -0.15) is 0 Å². The van der Waals surface area contributed by atoms with Crippen LogP contribution < -0.4 is 9.47 Å². The van der Waals surface area contributed by atoms with E-state index in [1.807, 2.05) is 0 Å². The molecule has 0 heterocycles. The first-order valence-corrected chi connectivity index (χ1v) is 11.3. The first kappa shape index (κ1) is 26.8. The van der Waals surface area contributed by atoms with Crippen molar-refractivity contribution in [2.45, 2.75) is 26.1 Å². The molecule has 0 bridgehead atoms. The average molecular weight is 452 g/mol. The summed E-state index contributed by atoms with van der Waals surface area (Å²) in [6, 6.07) is 4.78. The van der Waals surface area contributed by atoms with Crippen LogP contribution in [0.2, 0.25) is 0 Å². The van der Waals surface area contributed by atoms with Gasteiger partial charge < -0.3 is 42.9 Å². The molecule has 0 amide bonds. The standard InChI is InChI=1S/C19H33O10P/c1-5-30(21,22)29-15(2)19(20)16-6-7-17(27-13-25-10-8-23-3)18(12-16)28-14-26-11-9-24-4/h6-7,12,15,19-20H,5,8-11,13-14H2,1-4H3,(H,21,22). The van der Waals surface area contributed by atoms with Crippen LogP contribution >= 0.6 is 7.60 Å². The second kappa shape index (κ2) is 14.7. The van der Waals surface area contributed by atoms with Crippen molar-refractivity contribution in [1.82, 2.24) is 0 Å². The summed E-state index contributed by atoms with van der Waals surface area (Å²) < 4.78 is 48.5. The molecule has 0 aromatic heterocycles. The maximum absolute atomic E-state index is 11.8. The zero-order chi connectivity index (χ0) is 22.4. The summed E-state index contributed by atoms with van der Waals surface area (Å²) in [5.74, 6) is 0.697. The molecule has 0 aliphatic heterocycles. The number of ether oxygens (including phenoxy) is 6. The van der Waals surface area contributed by atoms with Gasteiger partial charge in [0.1, 0.15) is 6.10 Å². The Morgan fingerprint density at radius 1 is 0.967 bits per heavy atom. The van der Waals surface area contributed by atoms with E-state index < -0.39 is 19.8 Å². The first-order chi connectivity index (χ1) is 14.3. The molecule has 10 nitrogen and oxygen atoms in total. The maximum atomic E-state index is 11.8. The highest BCUT2D eigenvalue weighted by Gasteiger charge is 2.26. The number of rotatable bonds is 17. The van der Waals surface area contributed by atoms with Crippen molar-refractivity contribution < 1.29 is 47.5 Å². The Kier molecular flexibility index (Phi) is 13.2. The molecule has 2 N–H and O–H groups in total. The highest BCUT2D eigenvalue weighted by Crippen LogP contribution is 2.44. The van der Waals surface area contributed by atoms with Crippen molar-refractivity contribution in [3.05, 3.63) is 23.8 Å². The van der Waals surface area contributed by atoms with Crippen LogP contribution in [0, 0.1) is 0 Å². The number of hydrogen-bond donors (Lipinski definition) is 2. The van der Waals surface area contributed by atoms with E-state index in [4.69, 9.17) is 32.9 Å². The first-order valence-electron chi connectivity index (χ1n) is 9.55. The fourth-order valence-electron chi connectivity index (χ4n) is 2.22. The van der Waals surface area contributed by atoms with Gasteiger partial charge in [0.25, 0.3) is 0 Å². The summed E-state index contributed by atoms with van der Waals surface area (Å²) in [5, 5.41) is 10.5. The van der Waals surface area contributed by atoms with E-state index in [0.717, 1.165) is 0 Å². The minimum Gasteiger partial charge on any atom is -0.464 e. The van der Waals surface area contributed by atoms with Crippen LogP contribution in [-0.4, -0.2) is 76.5 Å². The third-order valence-corrected chi connectivity index (χ3v) is 5.40. The van der Waals surface area contributed by atoms with E-state index >= 15 is 0 Å². The van der Waals surface area contributed by atoms with Crippen LogP contribution in [-0.2, 0) is 28.0 Å². The second-order valence-corrected chi connectivity index (χ2v) is 8.36. The Morgan fingerprint density at radius 2 is 1.53 bits per heavy atom. The minimum atomic E-state index is -3.75. The Morgan fingerprint density at radius 3 is 2.07 bits per heavy atom. The number of aliphatic hydroxyl groups excluding tert-OH is 1. The van der Waals surface area contributed by atoms with Crippen molar-refractivity contribution in [2.24, 2.45) is 0 Å². The van der Waals surface area contributed by atoms with E-state index in [2.05, 4.69) is 0 Å². The molecule has 3 unspecified atom stereocenters. The Bertz CT molecular complexity index is 642. The lowest BCUT2D eigenvalue weighted by molar-refractivity contribution is -0.0209. The van der Waals surface area contributed by atoms with Crippen molar-refractivity contribution in [3.8, 4) is 11.5 Å². The van der Waals surface area contributed by atoms with E-state index in [9.17, 15) is 14.6 Å². The van der Waals surface area contributed by atoms with Crippen molar-refractivity contribution in [3.63, 3.8) is 0 Å². The number of benzene rings is 1. The van der Waals surface area contributed by atoms with E-state index in [-0.39, 0.29) is 19.7 Å². The fraction of sp³-hybridized carbons (Fsp3) is 0.684. The van der Waals surface area contributed by atoms with Gasteiger partial charge in [-0.05, 0) is 24.6 Å². The minimum absolute atomic E-state index is 0.0180.